The summed E-state index contributed by atoms with van der Waals surface area (Å²) in [5.41, 5.74) is 4.81. The Morgan fingerprint density at radius 2 is 1.86 bits per heavy atom. The van der Waals surface area contributed by atoms with E-state index in [2.05, 4.69) is 18.4 Å². The topological polar surface area (TPSA) is 60.7 Å². The Morgan fingerprint density at radius 1 is 1.11 bits per heavy atom. The van der Waals surface area contributed by atoms with Gasteiger partial charge >= 0.3 is 5.97 Å². The van der Waals surface area contributed by atoms with Crippen LogP contribution >= 0.6 is 0 Å². The second kappa shape index (κ2) is 10.6. The molecule has 0 radical (unpaired) electrons. The van der Waals surface area contributed by atoms with E-state index < -0.39 is 18.2 Å². The van der Waals surface area contributed by atoms with Gasteiger partial charge in [-0.1, -0.05) is 42.5 Å². The molecular formula is C31H30FNO4. The zero-order chi connectivity index (χ0) is 25.9. The van der Waals surface area contributed by atoms with Crippen LogP contribution in [0.15, 0.2) is 78.9 Å². The van der Waals surface area contributed by atoms with Crippen LogP contribution in [0, 0.1) is 5.82 Å². The predicted octanol–water partition coefficient (Wildman–Crippen LogP) is 6.69. The molecule has 2 atom stereocenters. The van der Waals surface area contributed by atoms with Crippen LogP contribution in [0.2, 0.25) is 0 Å². The first-order valence-corrected chi connectivity index (χ1v) is 12.6. The molecule has 0 saturated carbocycles. The molecule has 1 fully saturated rings. The molecule has 5 rings (SSSR count). The summed E-state index contributed by atoms with van der Waals surface area (Å²) < 4.78 is 27.6. The van der Waals surface area contributed by atoms with E-state index in [1.54, 1.807) is 12.1 Å². The van der Waals surface area contributed by atoms with Crippen LogP contribution in [0.5, 0.6) is 5.75 Å². The minimum Gasteiger partial charge on any atom is -0.489 e. The van der Waals surface area contributed by atoms with Gasteiger partial charge in [-0.2, -0.15) is 0 Å². The molecule has 6 heteroatoms. The number of hydrogen-bond acceptors (Lipinski definition) is 4. The van der Waals surface area contributed by atoms with E-state index in [9.17, 15) is 14.3 Å². The Kier molecular flexibility index (Phi) is 7.10. The predicted molar refractivity (Wildman–Crippen MR) is 143 cm³/mol. The van der Waals surface area contributed by atoms with Crippen LogP contribution in [-0.2, 0) is 16.1 Å². The van der Waals surface area contributed by atoms with Crippen molar-refractivity contribution >= 4 is 22.9 Å². The number of fused-ring (bicyclic) bond motifs is 1. The number of hydrogen-bond donors (Lipinski definition) is 1. The second-order valence-electron chi connectivity index (χ2n) is 9.67. The van der Waals surface area contributed by atoms with Crippen molar-refractivity contribution in [3.63, 3.8) is 0 Å². The number of carbonyl (C=O) groups is 1. The first-order valence-electron chi connectivity index (χ1n) is 12.6. The van der Waals surface area contributed by atoms with Crippen LogP contribution < -0.4 is 4.74 Å². The number of aliphatic hydroxyl groups excluding tert-OH is 1. The standard InChI is InChI=1S/C31H30FNO4/c1-20(2)33-28-14-12-25(36-19-21-6-4-3-5-7-21)18-27(28)31(22-8-10-23(32)11-9-22)29(33)15-13-26-16-24(34)17-30(35)37-26/h3-15,18,20,24,26,34H,16-17,19H2,1-2H3/t24-,26-/m1/s1. The number of carbonyl (C=O) groups excluding carboxylic acids is 1. The lowest BCUT2D eigenvalue weighted by Gasteiger charge is -2.23. The van der Waals surface area contributed by atoms with Gasteiger partial charge in [-0.25, -0.2) is 4.39 Å². The number of nitrogens with zero attached hydrogens (tertiary/aromatic N) is 1. The first-order chi connectivity index (χ1) is 17.9. The van der Waals surface area contributed by atoms with E-state index in [1.807, 2.05) is 60.7 Å². The van der Waals surface area contributed by atoms with Crippen molar-refractivity contribution in [2.75, 3.05) is 0 Å². The average molecular weight is 500 g/mol. The average Bonchev–Trinajstić information content (AvgIpc) is 3.20. The number of halogens is 1. The van der Waals surface area contributed by atoms with Gasteiger partial charge in [0.2, 0.25) is 0 Å². The van der Waals surface area contributed by atoms with Gasteiger partial charge in [0.15, 0.2) is 0 Å². The van der Waals surface area contributed by atoms with Gasteiger partial charge in [-0.05, 0) is 67.5 Å². The molecule has 0 amide bonds. The number of esters is 1. The van der Waals surface area contributed by atoms with E-state index in [0.29, 0.717) is 13.0 Å². The molecule has 0 unspecified atom stereocenters. The SMILES string of the molecule is CC(C)n1c(C=C[C@@H]2C[C@@H](O)CC(=O)O2)c(-c2ccc(F)cc2)c2cc(OCc3ccccc3)ccc21. The van der Waals surface area contributed by atoms with Gasteiger partial charge in [0, 0.05) is 34.6 Å². The van der Waals surface area contributed by atoms with Gasteiger partial charge in [0.25, 0.3) is 0 Å². The van der Waals surface area contributed by atoms with Crippen LogP contribution in [0.25, 0.3) is 28.1 Å². The Morgan fingerprint density at radius 3 is 2.57 bits per heavy atom. The highest BCUT2D eigenvalue weighted by Gasteiger charge is 2.26. The molecule has 5 nitrogen and oxygen atoms in total. The Labute approximate surface area is 215 Å². The maximum Gasteiger partial charge on any atom is 0.309 e. The van der Waals surface area contributed by atoms with Crippen LogP contribution in [0.1, 0.15) is 44.0 Å². The Hall–Kier alpha value is -3.90. The zero-order valence-corrected chi connectivity index (χ0v) is 20.9. The van der Waals surface area contributed by atoms with E-state index >= 15 is 0 Å². The van der Waals surface area contributed by atoms with Crippen molar-refractivity contribution in [2.45, 2.75) is 51.5 Å². The molecule has 0 aliphatic carbocycles. The Bertz CT molecular complexity index is 1420. The molecule has 4 aromatic rings. The smallest absolute Gasteiger partial charge is 0.309 e. The normalized spacial score (nSPS) is 18.0. The van der Waals surface area contributed by atoms with Gasteiger partial charge in [0.1, 0.15) is 24.3 Å². The lowest BCUT2D eigenvalue weighted by Crippen LogP contribution is -2.31. The minimum atomic E-state index is -0.715. The summed E-state index contributed by atoms with van der Waals surface area (Å²) in [6.07, 6.45) is 2.91. The van der Waals surface area contributed by atoms with Crippen molar-refractivity contribution in [2.24, 2.45) is 0 Å². The summed E-state index contributed by atoms with van der Waals surface area (Å²) in [5.74, 6) is 0.0284. The largest absolute Gasteiger partial charge is 0.489 e. The lowest BCUT2D eigenvalue weighted by atomic mass is 10.00. The number of benzene rings is 3. The third-order valence-electron chi connectivity index (χ3n) is 6.57. The molecule has 1 aliphatic rings. The van der Waals surface area contributed by atoms with Crippen LogP contribution in [0.4, 0.5) is 4.39 Å². The second-order valence-corrected chi connectivity index (χ2v) is 9.67. The highest BCUT2D eigenvalue weighted by atomic mass is 19.1. The molecule has 1 aliphatic heterocycles. The number of ether oxygens (including phenoxy) is 2. The highest BCUT2D eigenvalue weighted by molar-refractivity contribution is 6.01. The van der Waals surface area contributed by atoms with Crippen LogP contribution in [0.3, 0.4) is 0 Å². The fourth-order valence-corrected chi connectivity index (χ4v) is 4.91. The number of rotatable bonds is 7. The molecule has 1 saturated heterocycles. The molecule has 0 bridgehead atoms. The molecule has 190 valence electrons. The summed E-state index contributed by atoms with van der Waals surface area (Å²) in [6, 6.07) is 22.6. The Balaban J connectivity index is 1.61. The van der Waals surface area contributed by atoms with Crippen LogP contribution in [-0.4, -0.2) is 27.9 Å². The summed E-state index contributed by atoms with van der Waals surface area (Å²) >= 11 is 0. The van der Waals surface area contributed by atoms with Crippen molar-refractivity contribution in [1.82, 2.24) is 4.57 Å². The van der Waals surface area contributed by atoms with E-state index in [-0.39, 0.29) is 18.3 Å². The molecule has 3 aromatic carbocycles. The third kappa shape index (κ3) is 5.44. The first kappa shape index (κ1) is 24.8. The van der Waals surface area contributed by atoms with Gasteiger partial charge in [0.05, 0.1) is 12.5 Å². The van der Waals surface area contributed by atoms with Crippen molar-refractivity contribution in [3.8, 4) is 16.9 Å². The summed E-state index contributed by atoms with van der Waals surface area (Å²) in [7, 11) is 0. The van der Waals surface area contributed by atoms with E-state index in [0.717, 1.165) is 39.0 Å². The monoisotopic (exact) mass is 499 g/mol. The van der Waals surface area contributed by atoms with Crippen molar-refractivity contribution in [3.05, 3.63) is 95.9 Å². The van der Waals surface area contributed by atoms with Crippen molar-refractivity contribution < 1.29 is 23.8 Å². The molecule has 1 aromatic heterocycles. The summed E-state index contributed by atoms with van der Waals surface area (Å²) in [4.78, 5) is 11.9. The summed E-state index contributed by atoms with van der Waals surface area (Å²) in [5, 5.41) is 11.0. The fourth-order valence-electron chi connectivity index (χ4n) is 4.91. The zero-order valence-electron chi connectivity index (χ0n) is 20.9. The number of cyclic esters (lactones) is 1. The number of aromatic nitrogens is 1. The van der Waals surface area contributed by atoms with E-state index in [1.165, 1.54) is 12.1 Å². The third-order valence-corrected chi connectivity index (χ3v) is 6.57. The maximum atomic E-state index is 13.8. The van der Waals surface area contributed by atoms with E-state index in [4.69, 9.17) is 9.47 Å². The summed E-state index contributed by atoms with van der Waals surface area (Å²) in [6.45, 7) is 4.66. The highest BCUT2D eigenvalue weighted by Crippen LogP contribution is 2.40. The van der Waals surface area contributed by atoms with Gasteiger partial charge in [-0.15, -0.1) is 0 Å². The molecule has 37 heavy (non-hydrogen) atoms. The molecule has 2 heterocycles. The maximum absolute atomic E-state index is 13.8. The minimum absolute atomic E-state index is 0.0170. The molecular weight excluding hydrogens is 469 g/mol. The molecule has 1 N–H and O–H groups in total. The van der Waals surface area contributed by atoms with Gasteiger partial charge in [-0.3, -0.25) is 4.79 Å². The van der Waals surface area contributed by atoms with Gasteiger partial charge < -0.3 is 19.1 Å². The molecule has 0 spiro atoms. The fraction of sp³-hybridized carbons (Fsp3) is 0.258. The van der Waals surface area contributed by atoms with Crippen molar-refractivity contribution in [1.29, 1.82) is 0 Å². The number of aliphatic hydroxyl groups is 1. The quantitative estimate of drug-likeness (QED) is 0.288. The lowest BCUT2D eigenvalue weighted by molar-refractivity contribution is -0.156.